The van der Waals surface area contributed by atoms with Gasteiger partial charge in [0.15, 0.2) is 5.13 Å². The summed E-state index contributed by atoms with van der Waals surface area (Å²) < 4.78 is 5.34. The van der Waals surface area contributed by atoms with Crippen LogP contribution < -0.4 is 10.1 Å². The number of carbonyl (C=O) groups is 1. The number of anilines is 1. The van der Waals surface area contributed by atoms with Crippen molar-refractivity contribution >= 4 is 22.4 Å². The zero-order chi connectivity index (χ0) is 17.1. The minimum Gasteiger partial charge on any atom is -0.497 e. The summed E-state index contributed by atoms with van der Waals surface area (Å²) in [5.41, 5.74) is 2.79. The molecule has 24 heavy (non-hydrogen) atoms. The first-order chi connectivity index (χ1) is 11.6. The van der Waals surface area contributed by atoms with E-state index >= 15 is 0 Å². The molecule has 1 atom stereocenters. The molecule has 1 aromatic heterocycles. The van der Waals surface area contributed by atoms with Gasteiger partial charge in [-0.2, -0.15) is 0 Å². The molecule has 0 saturated heterocycles. The molecule has 1 N–H and O–H groups in total. The molecule has 5 nitrogen and oxygen atoms in total. The van der Waals surface area contributed by atoms with Crippen LogP contribution in [0, 0.1) is 0 Å². The van der Waals surface area contributed by atoms with Crippen LogP contribution >= 0.6 is 11.3 Å². The molecule has 3 rings (SSSR count). The van der Waals surface area contributed by atoms with Crippen LogP contribution in [0.3, 0.4) is 0 Å². The lowest BCUT2D eigenvalue weighted by atomic mass is 10.0. The predicted molar refractivity (Wildman–Crippen MR) is 96.8 cm³/mol. The van der Waals surface area contributed by atoms with Gasteiger partial charge in [-0.3, -0.25) is 9.69 Å². The van der Waals surface area contributed by atoms with E-state index in [2.05, 4.69) is 34.3 Å². The van der Waals surface area contributed by atoms with Gasteiger partial charge in [-0.15, -0.1) is 11.3 Å². The second kappa shape index (κ2) is 7.32. The molecular formula is C18H23N3O2S. The number of carbonyl (C=O) groups excluding carboxylic acids is 1. The highest BCUT2D eigenvalue weighted by molar-refractivity contribution is 7.15. The number of hydrogen-bond acceptors (Lipinski definition) is 5. The molecule has 0 saturated carbocycles. The van der Waals surface area contributed by atoms with E-state index in [1.807, 2.05) is 12.3 Å². The topological polar surface area (TPSA) is 54.5 Å². The van der Waals surface area contributed by atoms with Gasteiger partial charge >= 0.3 is 0 Å². The number of methoxy groups -OCH3 is 1. The zero-order valence-electron chi connectivity index (χ0n) is 14.3. The minimum absolute atomic E-state index is 0.0808. The van der Waals surface area contributed by atoms with E-state index in [1.54, 1.807) is 18.4 Å². The SMILES string of the molecule is COc1ccc2c(c1)CCN(C(C)c1cnc(NC(C)=O)s1)CC2. The van der Waals surface area contributed by atoms with Crippen molar-refractivity contribution in [2.75, 3.05) is 25.5 Å². The Morgan fingerprint density at radius 1 is 1.33 bits per heavy atom. The predicted octanol–water partition coefficient (Wildman–Crippen LogP) is 3.27. The van der Waals surface area contributed by atoms with Gasteiger partial charge in [0.2, 0.25) is 5.91 Å². The van der Waals surface area contributed by atoms with Crippen molar-refractivity contribution in [1.82, 2.24) is 9.88 Å². The summed E-state index contributed by atoms with van der Waals surface area (Å²) in [6.45, 7) is 5.75. The molecule has 1 amide bonds. The molecule has 1 aliphatic heterocycles. The van der Waals surface area contributed by atoms with Gasteiger partial charge in [0, 0.05) is 37.1 Å². The van der Waals surface area contributed by atoms with E-state index in [9.17, 15) is 4.79 Å². The summed E-state index contributed by atoms with van der Waals surface area (Å²) in [4.78, 5) is 19.1. The van der Waals surface area contributed by atoms with E-state index in [0.717, 1.165) is 31.7 Å². The number of nitrogens with one attached hydrogen (secondary N) is 1. The standard InChI is InChI=1S/C18H23N3O2S/c1-12(17-11-19-18(24-17)20-13(2)22)21-8-6-14-4-5-16(23-3)10-15(14)7-9-21/h4-5,10-12H,6-9H2,1-3H3,(H,19,20,22). The fourth-order valence-corrected chi connectivity index (χ4v) is 4.05. The maximum Gasteiger partial charge on any atom is 0.223 e. The Labute approximate surface area is 146 Å². The molecule has 2 aromatic rings. The first kappa shape index (κ1) is 16.9. The van der Waals surface area contributed by atoms with Gasteiger partial charge in [-0.1, -0.05) is 6.07 Å². The first-order valence-corrected chi connectivity index (χ1v) is 9.01. The third-order valence-electron chi connectivity index (χ3n) is 4.52. The quantitative estimate of drug-likeness (QED) is 0.924. The van der Waals surface area contributed by atoms with Crippen molar-refractivity contribution in [2.45, 2.75) is 32.7 Å². The molecule has 1 aliphatic rings. The first-order valence-electron chi connectivity index (χ1n) is 8.20. The summed E-state index contributed by atoms with van der Waals surface area (Å²) in [6.07, 6.45) is 3.94. The lowest BCUT2D eigenvalue weighted by molar-refractivity contribution is -0.114. The maximum atomic E-state index is 11.2. The molecule has 0 aliphatic carbocycles. The normalized spacial score (nSPS) is 16.1. The molecule has 128 valence electrons. The molecule has 0 fully saturated rings. The molecule has 0 bridgehead atoms. The van der Waals surface area contributed by atoms with Crippen molar-refractivity contribution in [3.8, 4) is 5.75 Å². The van der Waals surface area contributed by atoms with E-state index in [-0.39, 0.29) is 5.91 Å². The third-order valence-corrected chi connectivity index (χ3v) is 5.60. The highest BCUT2D eigenvalue weighted by Crippen LogP contribution is 2.30. The monoisotopic (exact) mass is 345 g/mol. The average Bonchev–Trinajstić information content (AvgIpc) is 2.91. The van der Waals surface area contributed by atoms with Gasteiger partial charge < -0.3 is 10.1 Å². The molecule has 0 spiro atoms. The zero-order valence-corrected chi connectivity index (χ0v) is 15.2. The van der Waals surface area contributed by atoms with Crippen molar-refractivity contribution in [2.24, 2.45) is 0 Å². The lowest BCUT2D eigenvalue weighted by Gasteiger charge is -2.26. The molecule has 6 heteroatoms. The summed E-state index contributed by atoms with van der Waals surface area (Å²) in [5, 5.41) is 3.43. The Morgan fingerprint density at radius 2 is 2.08 bits per heavy atom. The second-order valence-corrected chi connectivity index (χ2v) is 7.16. The third kappa shape index (κ3) is 3.76. The number of rotatable bonds is 4. The van der Waals surface area contributed by atoms with E-state index in [1.165, 1.54) is 22.9 Å². The smallest absolute Gasteiger partial charge is 0.223 e. The van der Waals surface area contributed by atoms with Gasteiger partial charge in [-0.25, -0.2) is 4.98 Å². The summed E-state index contributed by atoms with van der Waals surface area (Å²) in [7, 11) is 1.71. The van der Waals surface area contributed by atoms with E-state index in [4.69, 9.17) is 4.74 Å². The fourth-order valence-electron chi connectivity index (χ4n) is 3.10. The molecule has 1 aromatic carbocycles. The summed E-state index contributed by atoms with van der Waals surface area (Å²) in [6, 6.07) is 6.68. The van der Waals surface area contributed by atoms with Gasteiger partial charge in [-0.05, 0) is 43.0 Å². The number of benzene rings is 1. The largest absolute Gasteiger partial charge is 0.497 e. The van der Waals surface area contributed by atoms with Crippen LogP contribution in [0.1, 0.15) is 35.9 Å². The molecule has 2 heterocycles. The maximum absolute atomic E-state index is 11.2. The van der Waals surface area contributed by atoms with Crippen molar-refractivity contribution < 1.29 is 9.53 Å². The number of thiazole rings is 1. The Hall–Kier alpha value is -1.92. The Bertz CT molecular complexity index is 729. The number of nitrogens with zero attached hydrogens (tertiary/aromatic N) is 2. The van der Waals surface area contributed by atoms with Crippen LogP contribution in [0.15, 0.2) is 24.4 Å². The van der Waals surface area contributed by atoms with Crippen molar-refractivity contribution in [1.29, 1.82) is 0 Å². The number of hydrogen-bond donors (Lipinski definition) is 1. The summed E-state index contributed by atoms with van der Waals surface area (Å²) in [5.74, 6) is 0.848. The fraction of sp³-hybridized carbons (Fsp3) is 0.444. The molecule has 0 radical (unpaired) electrons. The van der Waals surface area contributed by atoms with Crippen LogP contribution in [0.2, 0.25) is 0 Å². The minimum atomic E-state index is -0.0808. The van der Waals surface area contributed by atoms with E-state index in [0.29, 0.717) is 11.2 Å². The van der Waals surface area contributed by atoms with Crippen LogP contribution in [0.25, 0.3) is 0 Å². The Morgan fingerprint density at radius 3 is 2.79 bits per heavy atom. The Balaban J connectivity index is 1.70. The van der Waals surface area contributed by atoms with Gasteiger partial charge in [0.25, 0.3) is 0 Å². The van der Waals surface area contributed by atoms with Crippen LogP contribution in [-0.2, 0) is 17.6 Å². The highest BCUT2D eigenvalue weighted by atomic mass is 32.1. The number of ether oxygens (including phenoxy) is 1. The summed E-state index contributed by atoms with van der Waals surface area (Å²) >= 11 is 1.55. The Kier molecular flexibility index (Phi) is 5.16. The second-order valence-electron chi connectivity index (χ2n) is 6.10. The van der Waals surface area contributed by atoms with Crippen LogP contribution in [0.5, 0.6) is 5.75 Å². The number of amides is 1. The van der Waals surface area contributed by atoms with Gasteiger partial charge in [0.05, 0.1) is 7.11 Å². The average molecular weight is 345 g/mol. The molecular weight excluding hydrogens is 322 g/mol. The van der Waals surface area contributed by atoms with Gasteiger partial charge in [0.1, 0.15) is 5.75 Å². The van der Waals surface area contributed by atoms with E-state index < -0.39 is 0 Å². The van der Waals surface area contributed by atoms with Crippen molar-refractivity contribution in [3.05, 3.63) is 40.4 Å². The number of aromatic nitrogens is 1. The van der Waals surface area contributed by atoms with Crippen LogP contribution in [-0.4, -0.2) is 36.0 Å². The number of fused-ring (bicyclic) bond motifs is 1. The lowest BCUT2D eigenvalue weighted by Crippen LogP contribution is -2.29. The highest BCUT2D eigenvalue weighted by Gasteiger charge is 2.21. The molecule has 1 unspecified atom stereocenters. The van der Waals surface area contributed by atoms with Crippen molar-refractivity contribution in [3.63, 3.8) is 0 Å². The van der Waals surface area contributed by atoms with Crippen LogP contribution in [0.4, 0.5) is 5.13 Å².